The minimum atomic E-state index is -2.02. The lowest BCUT2D eigenvalue weighted by atomic mass is 9.98. The number of fused-ring (bicyclic) bond motifs is 1. The van der Waals surface area contributed by atoms with Gasteiger partial charge >= 0.3 is 17.3 Å². The zero-order valence-corrected chi connectivity index (χ0v) is 33.6. The lowest BCUT2D eigenvalue weighted by Crippen LogP contribution is -2.64. The first kappa shape index (κ1) is 46.5. The summed E-state index contributed by atoms with van der Waals surface area (Å²) in [7, 11) is 1.51. The van der Waals surface area contributed by atoms with E-state index in [2.05, 4.69) is 0 Å². The van der Waals surface area contributed by atoms with E-state index in [1.165, 1.54) is 25.3 Å². The molecule has 7 rings (SSSR count). The molecule has 3 fully saturated rings. The second-order valence-corrected chi connectivity index (χ2v) is 15.1. The first-order valence-corrected chi connectivity index (χ1v) is 19.7. The van der Waals surface area contributed by atoms with Gasteiger partial charge in [0.15, 0.2) is 30.2 Å². The summed E-state index contributed by atoms with van der Waals surface area (Å²) in [5.41, 5.74) is 0.615. The fourth-order valence-corrected chi connectivity index (χ4v) is 7.07. The quantitative estimate of drug-likeness (QED) is 0.0329. The zero-order chi connectivity index (χ0) is 46.0. The van der Waals surface area contributed by atoms with Crippen LogP contribution in [0.4, 0.5) is 0 Å². The van der Waals surface area contributed by atoms with Gasteiger partial charge in [-0.05, 0) is 35.9 Å². The van der Waals surface area contributed by atoms with Gasteiger partial charge in [-0.25, -0.2) is 9.21 Å². The molecule has 14 atom stereocenters. The summed E-state index contributed by atoms with van der Waals surface area (Å²) < 4.78 is 51.2. The summed E-state index contributed by atoms with van der Waals surface area (Å²) in [4.78, 5) is 12.5. The van der Waals surface area contributed by atoms with Crippen LogP contribution in [0.1, 0.15) is 5.56 Å². The van der Waals surface area contributed by atoms with E-state index in [1.807, 2.05) is 0 Å². The van der Waals surface area contributed by atoms with Crippen molar-refractivity contribution in [3.8, 4) is 45.8 Å². The molecule has 22 nitrogen and oxygen atoms in total. The van der Waals surface area contributed by atoms with Crippen molar-refractivity contribution in [3.63, 3.8) is 0 Å². The predicted octanol–water partition coefficient (Wildman–Crippen LogP) is -1.06. The fraction of sp³-hybridized carbons (Fsp3) is 0.429. The highest BCUT2D eigenvalue weighted by molar-refractivity contribution is 5.89. The van der Waals surface area contributed by atoms with Gasteiger partial charge < -0.3 is 99.2 Å². The van der Waals surface area contributed by atoms with E-state index in [9.17, 15) is 66.1 Å². The summed E-state index contributed by atoms with van der Waals surface area (Å²) in [6.07, 6.45) is -22.4. The average Bonchev–Trinajstić information content (AvgIpc) is 3.28. The van der Waals surface area contributed by atoms with E-state index in [1.54, 1.807) is 24.3 Å². The van der Waals surface area contributed by atoms with E-state index >= 15 is 0 Å². The standard InChI is InChI=1S/C42H46O22/c1-56-20-6-2-17(3-7-20)4-9-30(48)57-15-28-32(50)34(52)37(55)40(62-28)59-16-29-33(51)35(53)39(64-41-36(54)31(49)25(47)14-58-41)42(63-29)61-27-13-21-23(45)11-19(43)12-26(21)60-38(27)18-5-8-22(44)24(46)10-18/h2-13,25,28-29,31-37,39-42,47,49-55H,14-16H2,1H3,(H3-,43,44,45,46)/p+1/b9-4+/t25-,28-,29-,31+,32-,33+,34+,35+,36-,37-,39-,40-,41+,42-/m1/s1. The monoisotopic (exact) mass is 903 g/mol. The number of ether oxygens (including phenoxy) is 8. The minimum absolute atomic E-state index is 0.0332. The van der Waals surface area contributed by atoms with E-state index in [0.29, 0.717) is 11.3 Å². The molecule has 0 radical (unpaired) electrons. The van der Waals surface area contributed by atoms with E-state index in [-0.39, 0.29) is 33.8 Å². The lowest BCUT2D eigenvalue weighted by molar-refractivity contribution is -0.353. The Morgan fingerprint density at radius 3 is 2.12 bits per heavy atom. The maximum Gasteiger partial charge on any atom is 0.402 e. The van der Waals surface area contributed by atoms with Crippen LogP contribution in [0.5, 0.6) is 34.5 Å². The Kier molecular flexibility index (Phi) is 14.4. The molecule has 0 spiro atoms. The molecular weight excluding hydrogens is 856 g/mol. The van der Waals surface area contributed by atoms with Crippen LogP contribution < -0.4 is 9.47 Å². The molecule has 4 aromatic rings. The molecule has 0 saturated carbocycles. The second kappa shape index (κ2) is 19.7. The molecule has 0 bridgehead atoms. The maximum absolute atomic E-state index is 12.5. The van der Waals surface area contributed by atoms with Crippen LogP contribution in [0, 0.1) is 0 Å². The van der Waals surface area contributed by atoms with Crippen molar-refractivity contribution in [2.75, 3.05) is 26.9 Å². The van der Waals surface area contributed by atoms with Crippen LogP contribution >= 0.6 is 0 Å². The number of phenols is 4. The fourth-order valence-electron chi connectivity index (χ4n) is 7.07. The third-order valence-electron chi connectivity index (χ3n) is 10.7. The van der Waals surface area contributed by atoms with Gasteiger partial charge in [-0.3, -0.25) is 0 Å². The molecular formula is C42H47O22+. The van der Waals surface area contributed by atoms with Gasteiger partial charge in [0, 0.05) is 24.3 Å². The molecule has 3 saturated heterocycles. The second-order valence-electron chi connectivity index (χ2n) is 15.1. The van der Waals surface area contributed by atoms with Gasteiger partial charge in [-0.1, -0.05) is 12.1 Å². The summed E-state index contributed by atoms with van der Waals surface area (Å²) >= 11 is 0. The van der Waals surface area contributed by atoms with Crippen LogP contribution in [-0.2, 0) is 33.2 Å². The first-order chi connectivity index (χ1) is 30.5. The van der Waals surface area contributed by atoms with Gasteiger partial charge in [-0.2, -0.15) is 0 Å². The highest BCUT2D eigenvalue weighted by Crippen LogP contribution is 2.43. The molecule has 346 valence electrons. The average molecular weight is 904 g/mol. The van der Waals surface area contributed by atoms with Crippen LogP contribution in [-0.4, -0.2) is 180 Å². The number of phenolic OH excluding ortho intramolecular Hbond substituents is 4. The number of esters is 1. The summed E-state index contributed by atoms with van der Waals surface area (Å²) in [6.45, 7) is -1.88. The lowest BCUT2D eigenvalue weighted by Gasteiger charge is -2.45. The van der Waals surface area contributed by atoms with Crippen molar-refractivity contribution in [1.82, 2.24) is 0 Å². The molecule has 12 N–H and O–H groups in total. The minimum Gasteiger partial charge on any atom is -0.507 e. The molecule has 0 amide bonds. The van der Waals surface area contributed by atoms with E-state index in [4.69, 9.17) is 42.3 Å². The zero-order valence-electron chi connectivity index (χ0n) is 33.6. The Labute approximate surface area is 362 Å². The van der Waals surface area contributed by atoms with Crippen molar-refractivity contribution in [3.05, 3.63) is 72.3 Å². The van der Waals surface area contributed by atoms with Crippen molar-refractivity contribution < 1.29 is 108 Å². The van der Waals surface area contributed by atoms with Crippen LogP contribution in [0.25, 0.3) is 28.4 Å². The molecule has 22 heteroatoms. The number of benzene rings is 3. The van der Waals surface area contributed by atoms with E-state index < -0.39 is 129 Å². The molecule has 0 aliphatic carbocycles. The van der Waals surface area contributed by atoms with Crippen molar-refractivity contribution in [2.45, 2.75) is 86.0 Å². The van der Waals surface area contributed by atoms with Gasteiger partial charge in [0.05, 0.1) is 32.0 Å². The SMILES string of the molecule is COc1ccc(/C=C/C(=O)OC[C@H]2O[C@@H](OC[C@H]3O[C@@H](Oc4cc5c(O)cc(O)cc5[o+]c4-c4ccc(O)c(O)c4)[C@H](O[C@@H]4OC[C@@H](O)[C@H](O)[C@H]4O)[C@@H](O)[C@H]3O)[C@H](O)[C@@H](O)[C@@H]2O)cc1. The Bertz CT molecular complexity index is 2270. The third-order valence-corrected chi connectivity index (χ3v) is 10.7. The van der Waals surface area contributed by atoms with Gasteiger partial charge in [-0.15, -0.1) is 0 Å². The number of carbonyl (C=O) groups excluding carboxylic acids is 1. The topological polar surface area (TPSA) is 345 Å². The number of methoxy groups -OCH3 is 1. The summed E-state index contributed by atoms with van der Waals surface area (Å²) in [5, 5.41) is 127. The van der Waals surface area contributed by atoms with Gasteiger partial charge in [0.25, 0.3) is 0 Å². The molecule has 1 aromatic heterocycles. The van der Waals surface area contributed by atoms with Crippen LogP contribution in [0.2, 0.25) is 0 Å². The smallest absolute Gasteiger partial charge is 0.402 e. The normalized spacial score (nSPS) is 32.1. The largest absolute Gasteiger partial charge is 0.507 e. The number of aliphatic hydroxyl groups excluding tert-OH is 8. The van der Waals surface area contributed by atoms with Gasteiger partial charge in [0.2, 0.25) is 12.0 Å². The highest BCUT2D eigenvalue weighted by Gasteiger charge is 2.52. The summed E-state index contributed by atoms with van der Waals surface area (Å²) in [6, 6.07) is 13.7. The van der Waals surface area contributed by atoms with Gasteiger partial charge in [0.1, 0.15) is 90.3 Å². The Balaban J connectivity index is 1.12. The number of carbonyl (C=O) groups is 1. The van der Waals surface area contributed by atoms with Crippen LogP contribution in [0.3, 0.4) is 0 Å². The molecule has 0 unspecified atom stereocenters. The first-order valence-electron chi connectivity index (χ1n) is 19.7. The summed E-state index contributed by atoms with van der Waals surface area (Å²) in [5.74, 6) is -2.70. The Morgan fingerprint density at radius 2 is 1.41 bits per heavy atom. The van der Waals surface area contributed by atoms with Crippen molar-refractivity contribution in [1.29, 1.82) is 0 Å². The number of hydrogen-bond donors (Lipinski definition) is 12. The predicted molar refractivity (Wildman–Crippen MR) is 212 cm³/mol. The molecule has 64 heavy (non-hydrogen) atoms. The number of aliphatic hydroxyl groups is 8. The van der Waals surface area contributed by atoms with Crippen LogP contribution in [0.15, 0.2) is 71.2 Å². The highest BCUT2D eigenvalue weighted by atomic mass is 16.8. The molecule has 3 aliphatic heterocycles. The van der Waals surface area contributed by atoms with Crippen molar-refractivity contribution >= 4 is 23.0 Å². The molecule has 4 heterocycles. The van der Waals surface area contributed by atoms with Crippen molar-refractivity contribution in [2.24, 2.45) is 0 Å². The third kappa shape index (κ3) is 10.1. The number of hydrogen-bond acceptors (Lipinski definition) is 21. The Hall–Kier alpha value is -5.44. The number of rotatable bonds is 13. The molecule has 3 aromatic carbocycles. The Morgan fingerprint density at radius 1 is 0.719 bits per heavy atom. The molecule has 3 aliphatic rings. The number of aromatic hydroxyl groups is 4. The van der Waals surface area contributed by atoms with E-state index in [0.717, 1.165) is 30.3 Å². The maximum atomic E-state index is 12.5.